The Morgan fingerprint density at radius 3 is 2.83 bits per heavy atom. The zero-order valence-corrected chi connectivity index (χ0v) is 13.2. The van der Waals surface area contributed by atoms with E-state index in [0.717, 1.165) is 34.3 Å². The fraction of sp³-hybridized carbons (Fsp3) is 0.308. The Hall–Kier alpha value is -0.810. The lowest BCUT2D eigenvalue weighted by Crippen LogP contribution is -1.95. The van der Waals surface area contributed by atoms with Gasteiger partial charge in [-0.15, -0.1) is 0 Å². The van der Waals surface area contributed by atoms with Crippen LogP contribution in [0.3, 0.4) is 0 Å². The second-order valence-electron chi connectivity index (χ2n) is 3.93. The first-order valence-corrected chi connectivity index (χ1v) is 7.69. The van der Waals surface area contributed by atoms with Crippen molar-refractivity contribution in [3.8, 4) is 11.5 Å². The van der Waals surface area contributed by atoms with E-state index in [1.54, 1.807) is 6.20 Å². The zero-order valence-electron chi connectivity index (χ0n) is 10.1. The van der Waals surface area contributed by atoms with Gasteiger partial charge in [0.1, 0.15) is 5.75 Å². The molecule has 0 unspecified atom stereocenters. The molecule has 0 N–H and O–H groups in total. The average molecular weight is 374 g/mol. The molecule has 1 aromatic heterocycles. The molecular formula is C13H14Br2N2O. The summed E-state index contributed by atoms with van der Waals surface area (Å²) in [4.78, 5) is 0. The van der Waals surface area contributed by atoms with E-state index < -0.39 is 0 Å². The number of hydrogen-bond acceptors (Lipinski definition) is 2. The van der Waals surface area contributed by atoms with E-state index in [2.05, 4.69) is 43.9 Å². The molecule has 0 atom stereocenters. The highest BCUT2D eigenvalue weighted by Gasteiger charge is 2.04. The predicted octanol–water partition coefficient (Wildman–Crippen LogP) is 4.74. The topological polar surface area (TPSA) is 27.1 Å². The minimum absolute atomic E-state index is 0.766. The molecule has 0 radical (unpaired) electrons. The maximum absolute atomic E-state index is 5.76. The number of aryl methyl sites for hydroxylation is 1. The van der Waals surface area contributed by atoms with E-state index in [0.29, 0.717) is 0 Å². The Bertz CT molecular complexity index is 525. The average Bonchev–Trinajstić information content (AvgIpc) is 2.77. The van der Waals surface area contributed by atoms with Gasteiger partial charge in [0.15, 0.2) is 5.75 Å². The highest BCUT2D eigenvalue weighted by molar-refractivity contribution is 9.10. The van der Waals surface area contributed by atoms with Crippen LogP contribution in [0, 0.1) is 0 Å². The van der Waals surface area contributed by atoms with Crippen molar-refractivity contribution in [1.82, 2.24) is 9.78 Å². The van der Waals surface area contributed by atoms with Gasteiger partial charge in [0.05, 0.1) is 12.4 Å². The van der Waals surface area contributed by atoms with Crippen molar-refractivity contribution in [2.45, 2.75) is 25.2 Å². The minimum atomic E-state index is 0.766. The lowest BCUT2D eigenvalue weighted by Gasteiger charge is -2.05. The molecule has 18 heavy (non-hydrogen) atoms. The summed E-state index contributed by atoms with van der Waals surface area (Å²) >= 11 is 6.96. The van der Waals surface area contributed by atoms with Crippen molar-refractivity contribution in [2.24, 2.45) is 0 Å². The summed E-state index contributed by atoms with van der Waals surface area (Å²) in [5.74, 6) is 1.57. The molecule has 1 heterocycles. The Kier molecular flexibility index (Phi) is 4.83. The molecule has 96 valence electrons. The molecule has 2 aromatic rings. The molecule has 0 amide bonds. The molecule has 3 nitrogen and oxygen atoms in total. The molecule has 0 saturated carbocycles. The summed E-state index contributed by atoms with van der Waals surface area (Å²) in [6, 6.07) is 5.96. The van der Waals surface area contributed by atoms with Gasteiger partial charge in [-0.25, -0.2) is 0 Å². The number of halogens is 2. The lowest BCUT2D eigenvalue weighted by atomic mass is 10.2. The number of benzene rings is 1. The van der Waals surface area contributed by atoms with Crippen molar-refractivity contribution < 1.29 is 4.74 Å². The van der Waals surface area contributed by atoms with Crippen molar-refractivity contribution >= 4 is 31.9 Å². The van der Waals surface area contributed by atoms with E-state index >= 15 is 0 Å². The number of aromatic nitrogens is 2. The highest BCUT2D eigenvalue weighted by atomic mass is 79.9. The minimum Gasteiger partial charge on any atom is -0.454 e. The predicted molar refractivity (Wildman–Crippen MR) is 79.4 cm³/mol. The SMILES string of the molecule is CCCn1cc(Oc2ccc(CBr)c(Br)c2)cn1. The van der Waals surface area contributed by atoms with Gasteiger partial charge >= 0.3 is 0 Å². The highest BCUT2D eigenvalue weighted by Crippen LogP contribution is 2.28. The van der Waals surface area contributed by atoms with Crippen LogP contribution in [0.25, 0.3) is 0 Å². The third-order valence-electron chi connectivity index (χ3n) is 2.47. The van der Waals surface area contributed by atoms with Crippen molar-refractivity contribution in [3.63, 3.8) is 0 Å². The Balaban J connectivity index is 2.10. The summed E-state index contributed by atoms with van der Waals surface area (Å²) in [6.07, 6.45) is 4.71. The van der Waals surface area contributed by atoms with Gasteiger partial charge in [0, 0.05) is 16.3 Å². The summed E-state index contributed by atoms with van der Waals surface area (Å²) in [7, 11) is 0. The van der Waals surface area contributed by atoms with E-state index in [-0.39, 0.29) is 0 Å². The van der Waals surface area contributed by atoms with Crippen molar-refractivity contribution in [1.29, 1.82) is 0 Å². The summed E-state index contributed by atoms with van der Waals surface area (Å²) in [6.45, 7) is 3.04. The molecule has 0 aliphatic carbocycles. The number of hydrogen-bond donors (Lipinski definition) is 0. The first-order chi connectivity index (χ1) is 8.72. The normalized spacial score (nSPS) is 10.6. The number of nitrogens with zero attached hydrogens (tertiary/aromatic N) is 2. The Morgan fingerprint density at radius 1 is 1.33 bits per heavy atom. The van der Waals surface area contributed by atoms with Crippen molar-refractivity contribution in [3.05, 3.63) is 40.6 Å². The fourth-order valence-electron chi connectivity index (χ4n) is 1.58. The van der Waals surface area contributed by atoms with Gasteiger partial charge in [-0.2, -0.15) is 5.10 Å². The summed E-state index contributed by atoms with van der Waals surface area (Å²) in [5, 5.41) is 5.05. The Labute approximate surface area is 123 Å². The molecule has 2 rings (SSSR count). The van der Waals surface area contributed by atoms with Crippen LogP contribution in [-0.2, 0) is 11.9 Å². The zero-order chi connectivity index (χ0) is 13.0. The Morgan fingerprint density at radius 2 is 2.17 bits per heavy atom. The summed E-state index contributed by atoms with van der Waals surface area (Å²) < 4.78 is 8.68. The van der Waals surface area contributed by atoms with Crippen LogP contribution < -0.4 is 4.74 Å². The number of alkyl halides is 1. The van der Waals surface area contributed by atoms with Crippen LogP contribution in [-0.4, -0.2) is 9.78 Å². The van der Waals surface area contributed by atoms with Crippen molar-refractivity contribution in [2.75, 3.05) is 0 Å². The second-order valence-corrected chi connectivity index (χ2v) is 5.34. The molecule has 0 bridgehead atoms. The van der Waals surface area contributed by atoms with Crippen LogP contribution in [0.15, 0.2) is 35.1 Å². The summed E-state index contributed by atoms with van der Waals surface area (Å²) in [5.41, 5.74) is 1.20. The number of ether oxygens (including phenoxy) is 1. The van der Waals surface area contributed by atoms with Crippen LogP contribution in [0.1, 0.15) is 18.9 Å². The molecular weight excluding hydrogens is 360 g/mol. The second kappa shape index (κ2) is 6.38. The molecule has 0 spiro atoms. The van der Waals surface area contributed by atoms with E-state index in [1.807, 2.05) is 29.1 Å². The molecule has 0 fully saturated rings. The molecule has 1 aromatic carbocycles. The number of rotatable bonds is 5. The molecule has 0 aliphatic heterocycles. The van der Waals surface area contributed by atoms with Gasteiger partial charge in [-0.3, -0.25) is 4.68 Å². The van der Waals surface area contributed by atoms with Crippen LogP contribution in [0.5, 0.6) is 11.5 Å². The van der Waals surface area contributed by atoms with Gasteiger partial charge in [-0.05, 0) is 24.1 Å². The van der Waals surface area contributed by atoms with Crippen LogP contribution in [0.2, 0.25) is 0 Å². The first kappa shape index (κ1) is 13.6. The van der Waals surface area contributed by atoms with E-state index in [9.17, 15) is 0 Å². The third-order valence-corrected chi connectivity index (χ3v) is 3.81. The fourth-order valence-corrected chi connectivity index (χ4v) is 2.95. The first-order valence-electron chi connectivity index (χ1n) is 5.77. The standard InChI is InChI=1S/C13H14Br2N2O/c1-2-5-17-9-12(8-16-17)18-11-4-3-10(7-14)13(15)6-11/h3-4,6,8-9H,2,5,7H2,1H3. The van der Waals surface area contributed by atoms with Crippen LogP contribution in [0.4, 0.5) is 0 Å². The van der Waals surface area contributed by atoms with E-state index in [1.165, 1.54) is 5.56 Å². The largest absolute Gasteiger partial charge is 0.454 e. The van der Waals surface area contributed by atoms with Gasteiger partial charge in [0.2, 0.25) is 0 Å². The van der Waals surface area contributed by atoms with Crippen LogP contribution >= 0.6 is 31.9 Å². The quantitative estimate of drug-likeness (QED) is 0.707. The molecule has 0 saturated heterocycles. The monoisotopic (exact) mass is 372 g/mol. The van der Waals surface area contributed by atoms with Gasteiger partial charge in [0.25, 0.3) is 0 Å². The lowest BCUT2D eigenvalue weighted by molar-refractivity contribution is 0.480. The smallest absolute Gasteiger partial charge is 0.165 e. The van der Waals surface area contributed by atoms with Gasteiger partial charge < -0.3 is 4.74 Å². The van der Waals surface area contributed by atoms with Gasteiger partial charge in [-0.1, -0.05) is 44.8 Å². The maximum atomic E-state index is 5.76. The molecule has 5 heteroatoms. The third kappa shape index (κ3) is 3.36. The molecule has 0 aliphatic rings. The van der Waals surface area contributed by atoms with E-state index in [4.69, 9.17) is 4.74 Å². The maximum Gasteiger partial charge on any atom is 0.165 e.